The van der Waals surface area contributed by atoms with Crippen LogP contribution in [0.1, 0.15) is 11.3 Å². The second-order valence-corrected chi connectivity index (χ2v) is 6.37. The number of nitriles is 1. The highest BCUT2D eigenvalue weighted by atomic mass is 79.9. The number of benzene rings is 1. The molecule has 2 heterocycles. The first-order chi connectivity index (χ1) is 11.7. The van der Waals surface area contributed by atoms with Crippen LogP contribution in [0.4, 0.5) is 13.2 Å². The average Bonchev–Trinajstić information content (AvgIpc) is 3.11. The first-order valence-corrected chi connectivity index (χ1v) is 7.94. The van der Waals surface area contributed by atoms with Gasteiger partial charge in [0.1, 0.15) is 16.4 Å². The third-order valence-electron chi connectivity index (χ3n) is 3.14. The molecule has 0 N–H and O–H groups in total. The van der Waals surface area contributed by atoms with Crippen LogP contribution < -0.4 is 0 Å². The quantitative estimate of drug-likeness (QED) is 0.516. The van der Waals surface area contributed by atoms with Gasteiger partial charge in [0.15, 0.2) is 11.5 Å². The predicted octanol–water partition coefficient (Wildman–Crippen LogP) is 5.49. The van der Waals surface area contributed by atoms with Crippen molar-refractivity contribution >= 4 is 39.1 Å². The van der Waals surface area contributed by atoms with Gasteiger partial charge in [-0.15, -0.1) is 0 Å². The van der Waals surface area contributed by atoms with E-state index in [0.29, 0.717) is 4.60 Å². The molecule has 0 radical (unpaired) electrons. The molecule has 128 valence electrons. The highest BCUT2D eigenvalue weighted by molar-refractivity contribution is 9.10. The number of hydrogen-bond acceptors (Lipinski definition) is 4. The molecule has 0 saturated heterocycles. The predicted molar refractivity (Wildman–Crippen MR) is 86.5 cm³/mol. The smallest absolute Gasteiger partial charge is 0.355 e. The van der Waals surface area contributed by atoms with E-state index in [1.54, 1.807) is 0 Å². The minimum absolute atomic E-state index is 0.0117. The number of hydrogen-bond donors (Lipinski definition) is 0. The second-order valence-electron chi connectivity index (χ2n) is 4.75. The molecule has 0 aliphatic carbocycles. The molecule has 5 nitrogen and oxygen atoms in total. The summed E-state index contributed by atoms with van der Waals surface area (Å²) < 4.78 is 45.0. The molecule has 0 unspecified atom stereocenters. The molecule has 0 bridgehead atoms. The Labute approximate surface area is 156 Å². The van der Waals surface area contributed by atoms with Gasteiger partial charge in [-0.25, -0.2) is 4.68 Å². The molecule has 0 fully saturated rings. The van der Waals surface area contributed by atoms with Crippen LogP contribution in [0.2, 0.25) is 10.0 Å². The summed E-state index contributed by atoms with van der Waals surface area (Å²) in [6, 6.07) is 4.85. The van der Waals surface area contributed by atoms with Gasteiger partial charge in [-0.1, -0.05) is 28.4 Å². The van der Waals surface area contributed by atoms with E-state index in [4.69, 9.17) is 27.7 Å². The highest BCUT2D eigenvalue weighted by Gasteiger charge is 2.32. The number of rotatable bonds is 2. The summed E-state index contributed by atoms with van der Waals surface area (Å²) >= 11 is 15.0. The zero-order chi connectivity index (χ0) is 18.4. The summed E-state index contributed by atoms with van der Waals surface area (Å²) in [5.74, 6) is 0.244. The maximum Gasteiger partial charge on any atom is 0.416 e. The summed E-state index contributed by atoms with van der Waals surface area (Å²) in [4.78, 5) is 0. The highest BCUT2D eigenvalue weighted by Crippen LogP contribution is 2.38. The summed E-state index contributed by atoms with van der Waals surface area (Å²) in [5.41, 5.74) is -0.723. The van der Waals surface area contributed by atoms with E-state index >= 15 is 0 Å². The van der Waals surface area contributed by atoms with Crippen LogP contribution in [-0.4, -0.2) is 14.9 Å². The van der Waals surface area contributed by atoms with Gasteiger partial charge in [-0.3, -0.25) is 0 Å². The van der Waals surface area contributed by atoms with Gasteiger partial charge < -0.3 is 4.52 Å². The molecule has 0 aliphatic heterocycles. The minimum atomic E-state index is -4.59. The fraction of sp³-hybridized carbons (Fsp3) is 0.0714. The van der Waals surface area contributed by atoms with Gasteiger partial charge in [-0.05, 0) is 28.1 Å². The number of nitrogens with zero attached hydrogens (tertiary/aromatic N) is 4. The van der Waals surface area contributed by atoms with Crippen LogP contribution in [0.15, 0.2) is 33.5 Å². The minimum Gasteiger partial charge on any atom is -0.355 e. The molecule has 25 heavy (non-hydrogen) atoms. The molecule has 1 aromatic carbocycles. The van der Waals surface area contributed by atoms with E-state index in [1.165, 1.54) is 12.3 Å². The lowest BCUT2D eigenvalue weighted by molar-refractivity contribution is -0.137. The molecule has 2 aromatic heterocycles. The van der Waals surface area contributed by atoms with Gasteiger partial charge >= 0.3 is 6.18 Å². The van der Waals surface area contributed by atoms with E-state index in [9.17, 15) is 18.4 Å². The molecule has 0 aliphatic rings. The van der Waals surface area contributed by atoms with Crippen LogP contribution >= 0.6 is 39.1 Å². The van der Waals surface area contributed by atoms with Crippen LogP contribution in [0.5, 0.6) is 0 Å². The Morgan fingerprint density at radius 2 is 1.84 bits per heavy atom. The SMILES string of the molecule is N#Cc1nn(-c2c(Cl)cc(C(F)(F)F)cc2Cl)cc1-c1cc(Br)no1. The zero-order valence-corrected chi connectivity index (χ0v) is 14.9. The summed E-state index contributed by atoms with van der Waals surface area (Å²) in [7, 11) is 0. The number of alkyl halides is 3. The molecule has 0 spiro atoms. The Morgan fingerprint density at radius 3 is 2.32 bits per heavy atom. The Hall–Kier alpha value is -2.02. The molecule has 0 atom stereocenters. The van der Waals surface area contributed by atoms with Crippen LogP contribution in [0.25, 0.3) is 17.0 Å². The first-order valence-electron chi connectivity index (χ1n) is 6.39. The van der Waals surface area contributed by atoms with E-state index < -0.39 is 11.7 Å². The number of halogens is 6. The van der Waals surface area contributed by atoms with Crippen molar-refractivity contribution in [2.75, 3.05) is 0 Å². The van der Waals surface area contributed by atoms with Crippen LogP contribution in [-0.2, 0) is 6.18 Å². The Kier molecular flexibility index (Phi) is 4.53. The van der Waals surface area contributed by atoms with E-state index in [-0.39, 0.29) is 32.8 Å². The summed E-state index contributed by atoms with van der Waals surface area (Å²) in [6.45, 7) is 0. The van der Waals surface area contributed by atoms with Gasteiger partial charge in [0.2, 0.25) is 0 Å². The molecular weight excluding hydrogens is 448 g/mol. The third kappa shape index (κ3) is 3.38. The summed E-state index contributed by atoms with van der Waals surface area (Å²) in [6.07, 6.45) is -3.23. The van der Waals surface area contributed by atoms with Crippen molar-refractivity contribution < 1.29 is 17.7 Å². The standard InChI is InChI=1S/C14H4BrCl2F3N4O/c15-12-3-11(25-23-12)7-5-24(22-10(7)4-21)13-8(16)1-6(2-9(13)17)14(18,19)20/h1-3,5H. The van der Waals surface area contributed by atoms with Crippen molar-refractivity contribution in [1.82, 2.24) is 14.9 Å². The van der Waals surface area contributed by atoms with Gasteiger partial charge in [0.25, 0.3) is 0 Å². The van der Waals surface area contributed by atoms with E-state index in [1.807, 2.05) is 6.07 Å². The Balaban J connectivity index is 2.15. The maximum absolute atomic E-state index is 12.8. The van der Waals surface area contributed by atoms with Crippen molar-refractivity contribution in [3.63, 3.8) is 0 Å². The zero-order valence-electron chi connectivity index (χ0n) is 11.8. The van der Waals surface area contributed by atoms with E-state index in [2.05, 4.69) is 26.2 Å². The van der Waals surface area contributed by atoms with Gasteiger partial charge in [0.05, 0.1) is 21.2 Å². The average molecular weight is 452 g/mol. The molecule has 3 aromatic rings. The largest absolute Gasteiger partial charge is 0.416 e. The van der Waals surface area contributed by atoms with Crippen molar-refractivity contribution in [2.24, 2.45) is 0 Å². The lowest BCUT2D eigenvalue weighted by atomic mass is 10.2. The van der Waals surface area contributed by atoms with Gasteiger partial charge in [0, 0.05) is 12.3 Å². The maximum atomic E-state index is 12.8. The van der Waals surface area contributed by atoms with Crippen LogP contribution in [0, 0.1) is 11.3 Å². The van der Waals surface area contributed by atoms with E-state index in [0.717, 1.165) is 16.8 Å². The normalized spacial score (nSPS) is 11.6. The molecule has 11 heteroatoms. The van der Waals surface area contributed by atoms with Gasteiger partial charge in [-0.2, -0.15) is 23.5 Å². The van der Waals surface area contributed by atoms with Crippen molar-refractivity contribution in [1.29, 1.82) is 5.26 Å². The third-order valence-corrected chi connectivity index (χ3v) is 4.09. The topological polar surface area (TPSA) is 67.6 Å². The van der Waals surface area contributed by atoms with Crippen LogP contribution in [0.3, 0.4) is 0 Å². The monoisotopic (exact) mass is 450 g/mol. The van der Waals surface area contributed by atoms with Crippen molar-refractivity contribution in [2.45, 2.75) is 6.18 Å². The lowest BCUT2D eigenvalue weighted by Crippen LogP contribution is -2.07. The van der Waals surface area contributed by atoms with Crippen molar-refractivity contribution in [3.8, 4) is 23.1 Å². The molecule has 0 amide bonds. The second kappa shape index (κ2) is 6.37. The number of aromatic nitrogens is 3. The molecular formula is C14H4BrCl2F3N4O. The fourth-order valence-electron chi connectivity index (χ4n) is 2.08. The Bertz CT molecular complexity index is 983. The molecule has 3 rings (SSSR count). The summed E-state index contributed by atoms with van der Waals surface area (Å²) in [5, 5.41) is 16.3. The van der Waals surface area contributed by atoms with Crippen molar-refractivity contribution in [3.05, 3.63) is 50.3 Å². The first kappa shape index (κ1) is 17.8. The fourth-order valence-corrected chi connectivity index (χ4v) is 3.02. The Morgan fingerprint density at radius 1 is 1.20 bits per heavy atom. The molecule has 0 saturated carbocycles. The lowest BCUT2D eigenvalue weighted by Gasteiger charge is -2.12.